The van der Waals surface area contributed by atoms with Crippen molar-refractivity contribution in [2.75, 3.05) is 0 Å². The quantitative estimate of drug-likeness (QED) is 0.592. The van der Waals surface area contributed by atoms with Crippen LogP contribution in [-0.4, -0.2) is 4.98 Å². The van der Waals surface area contributed by atoms with Crippen LogP contribution >= 0.6 is 0 Å². The molecule has 0 aliphatic rings. The Hall–Kier alpha value is -1.24. The molecule has 98 valence electrons. The van der Waals surface area contributed by atoms with Crippen LogP contribution < -0.4 is 0 Å². The maximum absolute atomic E-state index is 3.51. The van der Waals surface area contributed by atoms with Crippen LogP contribution in [0, 0.1) is 0 Å². The molecule has 0 saturated heterocycles. The maximum Gasteiger partial charge on any atom is 0.0456 e. The summed E-state index contributed by atoms with van der Waals surface area (Å²) >= 11 is 0. The molecule has 1 heteroatoms. The van der Waals surface area contributed by atoms with E-state index in [4.69, 9.17) is 0 Å². The molecule has 0 atom stereocenters. The predicted molar refractivity (Wildman–Crippen MR) is 80.0 cm³/mol. The summed E-state index contributed by atoms with van der Waals surface area (Å²) in [4.78, 5) is 3.51. The lowest BCUT2D eigenvalue weighted by molar-refractivity contribution is 0.588. The molecule has 1 heterocycles. The van der Waals surface area contributed by atoms with Crippen molar-refractivity contribution in [3.05, 3.63) is 36.0 Å². The molecule has 0 spiro atoms. The second-order valence-corrected chi connectivity index (χ2v) is 5.25. The van der Waals surface area contributed by atoms with Gasteiger partial charge in [-0.15, -0.1) is 0 Å². The van der Waals surface area contributed by atoms with E-state index in [0.29, 0.717) is 0 Å². The van der Waals surface area contributed by atoms with Gasteiger partial charge in [-0.05, 0) is 30.4 Å². The average Bonchev–Trinajstić information content (AvgIpc) is 2.80. The minimum atomic E-state index is 1.20. The number of benzene rings is 1. The molecule has 0 amide bonds. The van der Waals surface area contributed by atoms with E-state index in [1.165, 1.54) is 68.0 Å². The molecule has 0 bridgehead atoms. The highest BCUT2D eigenvalue weighted by molar-refractivity contribution is 5.80. The highest BCUT2D eigenvalue weighted by Gasteiger charge is 1.99. The van der Waals surface area contributed by atoms with Crippen LogP contribution in [0.25, 0.3) is 10.9 Å². The summed E-state index contributed by atoms with van der Waals surface area (Å²) in [6.45, 7) is 2.27. The highest BCUT2D eigenvalue weighted by Crippen LogP contribution is 2.16. The molecule has 1 aromatic heterocycles. The molecule has 0 radical (unpaired) electrons. The van der Waals surface area contributed by atoms with Gasteiger partial charge in [0, 0.05) is 11.2 Å². The lowest BCUT2D eigenvalue weighted by Gasteiger charge is -2.00. The second kappa shape index (κ2) is 7.25. The van der Waals surface area contributed by atoms with Crippen molar-refractivity contribution in [1.82, 2.24) is 4.98 Å². The smallest absolute Gasteiger partial charge is 0.0456 e. The number of hydrogen-bond donors (Lipinski definition) is 1. The molecule has 1 aromatic carbocycles. The number of hydrogen-bond acceptors (Lipinski definition) is 0. The van der Waals surface area contributed by atoms with Crippen LogP contribution in [0.4, 0.5) is 0 Å². The fourth-order valence-corrected chi connectivity index (χ4v) is 2.54. The largest absolute Gasteiger partial charge is 0.358 e. The van der Waals surface area contributed by atoms with Gasteiger partial charge in [0.25, 0.3) is 0 Å². The third-order valence-corrected chi connectivity index (χ3v) is 3.64. The summed E-state index contributed by atoms with van der Waals surface area (Å²) in [5, 5.41) is 1.34. The first kappa shape index (κ1) is 13.2. The van der Waals surface area contributed by atoms with Crippen molar-refractivity contribution in [2.24, 2.45) is 0 Å². The number of para-hydroxylation sites is 1. The van der Waals surface area contributed by atoms with Gasteiger partial charge in [0.05, 0.1) is 0 Å². The van der Waals surface area contributed by atoms with Crippen LogP contribution in [0.1, 0.15) is 57.6 Å². The van der Waals surface area contributed by atoms with E-state index in [0.717, 1.165) is 0 Å². The number of H-pyrrole nitrogens is 1. The molecule has 2 rings (SSSR count). The van der Waals surface area contributed by atoms with Crippen molar-refractivity contribution in [2.45, 2.75) is 58.3 Å². The van der Waals surface area contributed by atoms with Gasteiger partial charge < -0.3 is 4.98 Å². The Labute approximate surface area is 111 Å². The molecular weight excluding hydrogens is 218 g/mol. The third-order valence-electron chi connectivity index (χ3n) is 3.64. The number of rotatable bonds is 8. The standard InChI is InChI=1S/C17H25N/c1-2-3-4-5-6-7-8-12-16-14-15-11-9-10-13-17(15)18-16/h9-11,13-14,18H,2-8,12H2,1H3. The molecule has 0 aliphatic carbocycles. The first-order chi connectivity index (χ1) is 8.90. The third kappa shape index (κ3) is 3.90. The monoisotopic (exact) mass is 243 g/mol. The molecule has 0 aliphatic heterocycles. The molecule has 2 aromatic rings. The lowest BCUT2D eigenvalue weighted by Crippen LogP contribution is -1.86. The molecule has 0 saturated carbocycles. The number of nitrogens with one attached hydrogen (secondary N) is 1. The molecule has 0 unspecified atom stereocenters. The SMILES string of the molecule is CCCCCCCCCc1cc2ccccc2[nH]1. The van der Waals surface area contributed by atoms with Crippen molar-refractivity contribution in [3.8, 4) is 0 Å². The number of aromatic nitrogens is 1. The van der Waals surface area contributed by atoms with Crippen LogP contribution in [0.5, 0.6) is 0 Å². The summed E-state index contributed by atoms with van der Waals surface area (Å²) in [5.41, 5.74) is 2.67. The van der Waals surface area contributed by atoms with Crippen molar-refractivity contribution >= 4 is 10.9 Å². The molecule has 1 nitrogen and oxygen atoms in total. The van der Waals surface area contributed by atoms with Crippen LogP contribution in [0.15, 0.2) is 30.3 Å². The zero-order valence-electron chi connectivity index (χ0n) is 11.5. The minimum absolute atomic E-state index is 1.20. The first-order valence-electron chi connectivity index (χ1n) is 7.47. The maximum atomic E-state index is 3.51. The van der Waals surface area contributed by atoms with Gasteiger partial charge in [0.1, 0.15) is 0 Å². The van der Waals surface area contributed by atoms with E-state index in [2.05, 4.69) is 42.2 Å². The Balaban J connectivity index is 1.67. The normalized spacial score (nSPS) is 11.2. The topological polar surface area (TPSA) is 15.8 Å². The Kier molecular flexibility index (Phi) is 5.32. The Morgan fingerprint density at radius 3 is 2.39 bits per heavy atom. The number of aryl methyl sites for hydroxylation is 1. The number of fused-ring (bicyclic) bond motifs is 1. The zero-order chi connectivity index (χ0) is 12.6. The van der Waals surface area contributed by atoms with Gasteiger partial charge in [0.2, 0.25) is 0 Å². The lowest BCUT2D eigenvalue weighted by atomic mass is 10.1. The Morgan fingerprint density at radius 1 is 0.889 bits per heavy atom. The molecule has 1 N–H and O–H groups in total. The Morgan fingerprint density at radius 2 is 1.61 bits per heavy atom. The van der Waals surface area contributed by atoms with Gasteiger partial charge >= 0.3 is 0 Å². The van der Waals surface area contributed by atoms with Crippen molar-refractivity contribution < 1.29 is 0 Å². The number of unbranched alkanes of at least 4 members (excludes halogenated alkanes) is 6. The molecule has 0 fully saturated rings. The van der Waals surface area contributed by atoms with Gasteiger partial charge in [-0.1, -0.05) is 63.6 Å². The van der Waals surface area contributed by atoms with E-state index < -0.39 is 0 Å². The summed E-state index contributed by atoms with van der Waals surface area (Å²) < 4.78 is 0. The summed E-state index contributed by atoms with van der Waals surface area (Å²) in [5.74, 6) is 0. The van der Waals surface area contributed by atoms with E-state index in [-0.39, 0.29) is 0 Å². The van der Waals surface area contributed by atoms with Crippen molar-refractivity contribution in [1.29, 1.82) is 0 Å². The molecule has 18 heavy (non-hydrogen) atoms. The summed E-state index contributed by atoms with van der Waals surface area (Å²) in [7, 11) is 0. The first-order valence-corrected chi connectivity index (χ1v) is 7.47. The van der Waals surface area contributed by atoms with Gasteiger partial charge in [-0.2, -0.15) is 0 Å². The van der Waals surface area contributed by atoms with Crippen LogP contribution in [-0.2, 0) is 6.42 Å². The van der Waals surface area contributed by atoms with Gasteiger partial charge in [-0.25, -0.2) is 0 Å². The fourth-order valence-electron chi connectivity index (χ4n) is 2.54. The zero-order valence-corrected chi connectivity index (χ0v) is 11.5. The van der Waals surface area contributed by atoms with Crippen LogP contribution in [0.3, 0.4) is 0 Å². The number of aromatic amines is 1. The second-order valence-electron chi connectivity index (χ2n) is 5.25. The van der Waals surface area contributed by atoms with E-state index in [1.54, 1.807) is 0 Å². The fraction of sp³-hybridized carbons (Fsp3) is 0.529. The predicted octanol–water partition coefficient (Wildman–Crippen LogP) is 5.46. The van der Waals surface area contributed by atoms with E-state index >= 15 is 0 Å². The van der Waals surface area contributed by atoms with E-state index in [9.17, 15) is 0 Å². The highest BCUT2D eigenvalue weighted by atomic mass is 14.7. The molecular formula is C17H25N. The Bertz CT molecular complexity index is 422. The minimum Gasteiger partial charge on any atom is -0.358 e. The van der Waals surface area contributed by atoms with Crippen LogP contribution in [0.2, 0.25) is 0 Å². The average molecular weight is 243 g/mol. The van der Waals surface area contributed by atoms with Gasteiger partial charge in [0.15, 0.2) is 0 Å². The van der Waals surface area contributed by atoms with Crippen molar-refractivity contribution in [3.63, 3.8) is 0 Å². The van der Waals surface area contributed by atoms with Gasteiger partial charge in [-0.3, -0.25) is 0 Å². The summed E-state index contributed by atoms with van der Waals surface area (Å²) in [6.07, 6.45) is 10.9. The van der Waals surface area contributed by atoms with E-state index in [1.807, 2.05) is 0 Å². The summed E-state index contributed by atoms with van der Waals surface area (Å²) in [6, 6.07) is 10.8.